The van der Waals surface area contributed by atoms with Gasteiger partial charge in [0.1, 0.15) is 0 Å². The number of methoxy groups -OCH3 is 2. The van der Waals surface area contributed by atoms with Gasteiger partial charge in [0.15, 0.2) is 0 Å². The number of carbonyl (C=O) groups is 1. The van der Waals surface area contributed by atoms with Crippen molar-refractivity contribution >= 4 is 5.97 Å². The van der Waals surface area contributed by atoms with Gasteiger partial charge in [-0.15, -0.1) is 0 Å². The Morgan fingerprint density at radius 2 is 1.67 bits per heavy atom. The van der Waals surface area contributed by atoms with Crippen molar-refractivity contribution < 1.29 is 23.7 Å². The number of hydrogen-bond acceptors (Lipinski definition) is 5. The third-order valence-corrected chi connectivity index (χ3v) is 2.95. The summed E-state index contributed by atoms with van der Waals surface area (Å²) in [5, 5.41) is 0. The number of hydrogen-bond donors (Lipinski definition) is 0. The van der Waals surface area contributed by atoms with Gasteiger partial charge in [0.2, 0.25) is 0 Å². The van der Waals surface area contributed by atoms with Gasteiger partial charge in [0.05, 0.1) is 33.4 Å². The van der Waals surface area contributed by atoms with E-state index in [-0.39, 0.29) is 12.4 Å². The summed E-state index contributed by atoms with van der Waals surface area (Å²) in [5.41, 5.74) is 1.96. The van der Waals surface area contributed by atoms with Crippen molar-refractivity contribution in [1.29, 1.82) is 0 Å². The average molecular weight is 296 g/mol. The molecule has 0 heterocycles. The highest BCUT2D eigenvalue weighted by atomic mass is 16.5. The molecular weight excluding hydrogens is 272 g/mol. The number of benzene rings is 1. The van der Waals surface area contributed by atoms with E-state index >= 15 is 0 Å². The summed E-state index contributed by atoms with van der Waals surface area (Å²) in [7, 11) is 3.04. The molecule has 0 saturated heterocycles. The van der Waals surface area contributed by atoms with E-state index in [1.165, 1.54) is 7.11 Å². The fourth-order valence-electron chi connectivity index (χ4n) is 1.79. The van der Waals surface area contributed by atoms with Crippen LogP contribution in [0, 0.1) is 0 Å². The van der Waals surface area contributed by atoms with Crippen molar-refractivity contribution in [2.24, 2.45) is 0 Å². The first-order valence-electron chi connectivity index (χ1n) is 7.06. The first-order valence-corrected chi connectivity index (χ1v) is 7.06. The van der Waals surface area contributed by atoms with Crippen molar-refractivity contribution in [1.82, 2.24) is 0 Å². The van der Waals surface area contributed by atoms with Crippen LogP contribution in [0.5, 0.6) is 0 Å². The van der Waals surface area contributed by atoms with Gasteiger partial charge >= 0.3 is 5.97 Å². The quantitative estimate of drug-likeness (QED) is 0.461. The summed E-state index contributed by atoms with van der Waals surface area (Å²) in [5.74, 6) is -0.242. The van der Waals surface area contributed by atoms with Gasteiger partial charge in [-0.2, -0.15) is 0 Å². The Labute approximate surface area is 126 Å². The zero-order valence-corrected chi connectivity index (χ0v) is 12.8. The minimum absolute atomic E-state index is 0.242. The molecule has 0 radical (unpaired) electrons. The Morgan fingerprint density at radius 3 is 2.38 bits per heavy atom. The van der Waals surface area contributed by atoms with E-state index in [1.807, 2.05) is 24.3 Å². The smallest absolute Gasteiger partial charge is 0.309 e. The van der Waals surface area contributed by atoms with Gasteiger partial charge in [-0.05, 0) is 17.5 Å². The molecule has 1 aromatic carbocycles. The Morgan fingerprint density at radius 1 is 0.952 bits per heavy atom. The Hall–Kier alpha value is -1.43. The molecule has 0 N–H and O–H groups in total. The number of rotatable bonds is 11. The van der Waals surface area contributed by atoms with Crippen molar-refractivity contribution in [3.8, 4) is 0 Å². The highest BCUT2D eigenvalue weighted by Crippen LogP contribution is 2.11. The molecular formula is C16H24O5. The lowest BCUT2D eigenvalue weighted by Crippen LogP contribution is -2.08. The van der Waals surface area contributed by atoms with Crippen molar-refractivity contribution in [3.05, 3.63) is 35.4 Å². The maximum absolute atomic E-state index is 11.3. The minimum atomic E-state index is -0.242. The molecule has 0 aliphatic carbocycles. The second kappa shape index (κ2) is 11.3. The summed E-state index contributed by atoms with van der Waals surface area (Å²) in [6.07, 6.45) is 1.11. The number of carbonyl (C=O) groups excluding carboxylic acids is 1. The van der Waals surface area contributed by atoms with Gasteiger partial charge in [0.25, 0.3) is 0 Å². The second-order valence-corrected chi connectivity index (χ2v) is 4.53. The largest absolute Gasteiger partial charge is 0.469 e. The molecule has 0 aromatic heterocycles. The molecule has 0 atom stereocenters. The zero-order chi connectivity index (χ0) is 15.3. The molecule has 1 aromatic rings. The van der Waals surface area contributed by atoms with Crippen LogP contribution in [0.4, 0.5) is 0 Å². The Bertz CT molecular complexity index is 405. The third-order valence-electron chi connectivity index (χ3n) is 2.95. The zero-order valence-electron chi connectivity index (χ0n) is 12.8. The predicted molar refractivity (Wildman–Crippen MR) is 79.1 cm³/mol. The van der Waals surface area contributed by atoms with E-state index in [1.54, 1.807) is 7.11 Å². The van der Waals surface area contributed by atoms with Gasteiger partial charge in [-0.25, -0.2) is 0 Å². The lowest BCUT2D eigenvalue weighted by Gasteiger charge is -2.09. The predicted octanol–water partition coefficient (Wildman–Crippen LogP) is 1.97. The topological polar surface area (TPSA) is 54.0 Å². The molecule has 0 amide bonds. The molecule has 0 aliphatic heterocycles. The van der Waals surface area contributed by atoms with Crippen LogP contribution in [0.25, 0.3) is 0 Å². The fraction of sp³-hybridized carbons (Fsp3) is 0.562. The lowest BCUT2D eigenvalue weighted by atomic mass is 10.1. The van der Waals surface area contributed by atoms with Gasteiger partial charge in [-0.1, -0.05) is 24.3 Å². The minimum Gasteiger partial charge on any atom is -0.469 e. The summed E-state index contributed by atoms with van der Waals surface area (Å²) < 4.78 is 20.5. The van der Waals surface area contributed by atoms with Crippen LogP contribution in [0.15, 0.2) is 24.3 Å². The molecule has 21 heavy (non-hydrogen) atoms. The first-order chi connectivity index (χ1) is 10.3. The van der Waals surface area contributed by atoms with E-state index in [2.05, 4.69) is 0 Å². The van der Waals surface area contributed by atoms with E-state index in [0.29, 0.717) is 33.0 Å². The molecule has 5 heteroatoms. The van der Waals surface area contributed by atoms with Crippen LogP contribution in [-0.2, 0) is 36.8 Å². The summed E-state index contributed by atoms with van der Waals surface area (Å²) in [6, 6.07) is 7.73. The van der Waals surface area contributed by atoms with Crippen molar-refractivity contribution in [2.45, 2.75) is 19.4 Å². The second-order valence-electron chi connectivity index (χ2n) is 4.53. The molecule has 5 nitrogen and oxygen atoms in total. The first kappa shape index (κ1) is 17.6. The van der Waals surface area contributed by atoms with Crippen LogP contribution in [-0.4, -0.2) is 46.6 Å². The lowest BCUT2D eigenvalue weighted by molar-refractivity contribution is -0.139. The van der Waals surface area contributed by atoms with Gasteiger partial charge < -0.3 is 18.9 Å². The van der Waals surface area contributed by atoms with E-state index < -0.39 is 0 Å². The van der Waals surface area contributed by atoms with Gasteiger partial charge in [0, 0.05) is 20.3 Å². The van der Waals surface area contributed by atoms with Crippen molar-refractivity contribution in [3.63, 3.8) is 0 Å². The molecule has 0 unspecified atom stereocenters. The highest BCUT2D eigenvalue weighted by molar-refractivity contribution is 5.72. The summed E-state index contributed by atoms with van der Waals surface area (Å²) in [4.78, 5) is 11.3. The van der Waals surface area contributed by atoms with E-state index in [0.717, 1.165) is 17.5 Å². The van der Waals surface area contributed by atoms with Crippen LogP contribution in [0.2, 0.25) is 0 Å². The maximum atomic E-state index is 11.3. The standard InChI is InChI=1S/C16H24O5/c1-18-10-11-20-8-5-9-21-13-15-7-4-3-6-14(15)12-16(17)19-2/h3-4,6-7H,5,8-13H2,1-2H3. The Kier molecular flexibility index (Phi) is 9.44. The molecule has 0 bridgehead atoms. The monoisotopic (exact) mass is 296 g/mol. The molecule has 0 fully saturated rings. The number of ether oxygens (including phenoxy) is 4. The molecule has 0 saturated carbocycles. The maximum Gasteiger partial charge on any atom is 0.309 e. The molecule has 118 valence electrons. The third kappa shape index (κ3) is 7.80. The van der Waals surface area contributed by atoms with E-state index in [4.69, 9.17) is 18.9 Å². The molecule has 1 rings (SSSR count). The SMILES string of the molecule is COCCOCCCOCc1ccccc1CC(=O)OC. The van der Waals surface area contributed by atoms with Crippen LogP contribution in [0.1, 0.15) is 17.5 Å². The summed E-state index contributed by atoms with van der Waals surface area (Å²) >= 11 is 0. The highest BCUT2D eigenvalue weighted by Gasteiger charge is 2.07. The van der Waals surface area contributed by atoms with Crippen molar-refractivity contribution in [2.75, 3.05) is 40.6 Å². The average Bonchev–Trinajstić information content (AvgIpc) is 2.51. The number of esters is 1. The molecule has 0 aliphatic rings. The summed E-state index contributed by atoms with van der Waals surface area (Å²) in [6.45, 7) is 3.00. The van der Waals surface area contributed by atoms with Crippen LogP contribution < -0.4 is 0 Å². The normalized spacial score (nSPS) is 10.6. The van der Waals surface area contributed by atoms with Gasteiger partial charge in [-0.3, -0.25) is 4.79 Å². The van der Waals surface area contributed by atoms with E-state index in [9.17, 15) is 4.79 Å². The van der Waals surface area contributed by atoms with Crippen LogP contribution in [0.3, 0.4) is 0 Å². The van der Waals surface area contributed by atoms with Crippen LogP contribution >= 0.6 is 0 Å². The Balaban J connectivity index is 2.24. The molecule has 0 spiro atoms. The fourth-order valence-corrected chi connectivity index (χ4v) is 1.79.